The molecule has 0 amide bonds. The van der Waals surface area contributed by atoms with Crippen molar-refractivity contribution < 1.29 is 9.13 Å². The molecule has 1 saturated carbocycles. The molecular weight excluding hydrogens is 255 g/mol. The molecule has 0 spiro atoms. The van der Waals surface area contributed by atoms with Crippen molar-refractivity contribution in [2.75, 3.05) is 19.7 Å². The molecule has 3 rings (SSSR count). The molecule has 0 radical (unpaired) electrons. The lowest BCUT2D eigenvalue weighted by atomic mass is 9.89. The molecule has 1 aliphatic heterocycles. The van der Waals surface area contributed by atoms with Crippen molar-refractivity contribution in [3.05, 3.63) is 35.6 Å². The number of benzene rings is 1. The van der Waals surface area contributed by atoms with Gasteiger partial charge in [-0.3, -0.25) is 4.90 Å². The van der Waals surface area contributed by atoms with E-state index < -0.39 is 0 Å². The van der Waals surface area contributed by atoms with Crippen molar-refractivity contribution in [3.8, 4) is 0 Å². The lowest BCUT2D eigenvalue weighted by molar-refractivity contribution is -0.0894. The van der Waals surface area contributed by atoms with E-state index in [1.165, 1.54) is 25.3 Å². The predicted molar refractivity (Wildman–Crippen MR) is 76.9 cm³/mol. The fraction of sp³-hybridized carbons (Fsp3) is 0.625. The fourth-order valence-electron chi connectivity index (χ4n) is 3.53. The summed E-state index contributed by atoms with van der Waals surface area (Å²) >= 11 is 0. The Bertz CT molecular complexity index is 452. The van der Waals surface area contributed by atoms with E-state index in [1.807, 2.05) is 6.07 Å². The van der Waals surface area contributed by atoms with Gasteiger partial charge >= 0.3 is 0 Å². The van der Waals surface area contributed by atoms with Crippen LogP contribution < -0.4 is 5.73 Å². The van der Waals surface area contributed by atoms with E-state index in [0.717, 1.165) is 19.6 Å². The number of nitrogens with zero attached hydrogens (tertiary/aromatic N) is 1. The van der Waals surface area contributed by atoms with E-state index in [4.69, 9.17) is 10.5 Å². The number of nitrogens with two attached hydrogens (primary N) is 1. The monoisotopic (exact) mass is 278 g/mol. The van der Waals surface area contributed by atoms with Crippen LogP contribution in [0.1, 0.15) is 37.3 Å². The second kappa shape index (κ2) is 6.20. The average Bonchev–Trinajstić information content (AvgIpc) is 2.48. The van der Waals surface area contributed by atoms with E-state index in [9.17, 15) is 4.39 Å². The molecule has 0 bridgehead atoms. The Morgan fingerprint density at radius 1 is 1.30 bits per heavy atom. The minimum atomic E-state index is -0.267. The van der Waals surface area contributed by atoms with Gasteiger partial charge in [0.15, 0.2) is 0 Å². The third-order valence-electron chi connectivity index (χ3n) is 4.58. The summed E-state index contributed by atoms with van der Waals surface area (Å²) in [6, 6.07) is 7.03. The molecule has 1 aromatic rings. The molecule has 2 fully saturated rings. The zero-order valence-corrected chi connectivity index (χ0v) is 11.8. The summed E-state index contributed by atoms with van der Waals surface area (Å²) in [5, 5.41) is 0. The highest BCUT2D eigenvalue weighted by atomic mass is 19.1. The van der Waals surface area contributed by atoms with Crippen LogP contribution in [0, 0.1) is 5.82 Å². The minimum Gasteiger partial charge on any atom is -0.375 e. The molecule has 20 heavy (non-hydrogen) atoms. The predicted octanol–water partition coefficient (Wildman–Crippen LogP) is 2.47. The van der Waals surface area contributed by atoms with Crippen LogP contribution in [0.3, 0.4) is 0 Å². The van der Waals surface area contributed by atoms with Crippen molar-refractivity contribution in [2.45, 2.75) is 43.9 Å². The summed E-state index contributed by atoms with van der Waals surface area (Å²) in [7, 11) is 0. The third-order valence-corrected chi connectivity index (χ3v) is 4.58. The van der Waals surface area contributed by atoms with Gasteiger partial charge in [-0.05, 0) is 18.9 Å². The summed E-state index contributed by atoms with van der Waals surface area (Å²) in [5.74, 6) is -0.201. The Morgan fingerprint density at radius 2 is 2.10 bits per heavy atom. The molecule has 3 nitrogen and oxygen atoms in total. The summed E-state index contributed by atoms with van der Waals surface area (Å²) in [4.78, 5) is 2.41. The molecule has 110 valence electrons. The molecule has 2 N–H and O–H groups in total. The van der Waals surface area contributed by atoms with Crippen LogP contribution in [0.5, 0.6) is 0 Å². The Balaban J connectivity index is 1.68. The first-order valence-corrected chi connectivity index (χ1v) is 7.61. The van der Waals surface area contributed by atoms with Gasteiger partial charge in [0.05, 0.1) is 12.7 Å². The highest BCUT2D eigenvalue weighted by Crippen LogP contribution is 2.29. The van der Waals surface area contributed by atoms with Crippen molar-refractivity contribution >= 4 is 0 Å². The standard InChI is InChI=1S/C16H23FN2O/c17-13-6-2-1-5-12(13)14(18)11-19-9-10-20-16-8-4-3-7-15(16)19/h1-2,5-6,14-16H,3-4,7-11,18H2. The quantitative estimate of drug-likeness (QED) is 0.923. The molecule has 2 aliphatic rings. The van der Waals surface area contributed by atoms with Gasteiger partial charge in [-0.15, -0.1) is 0 Å². The van der Waals surface area contributed by atoms with Gasteiger partial charge < -0.3 is 10.5 Å². The van der Waals surface area contributed by atoms with Crippen LogP contribution in [-0.2, 0) is 4.74 Å². The van der Waals surface area contributed by atoms with Gasteiger partial charge in [0.2, 0.25) is 0 Å². The van der Waals surface area contributed by atoms with Crippen molar-refractivity contribution in [2.24, 2.45) is 5.73 Å². The van der Waals surface area contributed by atoms with Gasteiger partial charge in [-0.1, -0.05) is 31.0 Å². The first-order valence-electron chi connectivity index (χ1n) is 7.61. The van der Waals surface area contributed by atoms with E-state index in [2.05, 4.69) is 4.90 Å². The fourth-order valence-corrected chi connectivity index (χ4v) is 3.53. The first-order chi connectivity index (χ1) is 9.75. The number of halogens is 1. The molecule has 0 aromatic heterocycles. The maximum absolute atomic E-state index is 13.8. The second-order valence-electron chi connectivity index (χ2n) is 5.88. The summed E-state index contributed by atoms with van der Waals surface area (Å²) < 4.78 is 19.7. The number of hydrogen-bond acceptors (Lipinski definition) is 3. The zero-order valence-electron chi connectivity index (χ0n) is 11.8. The zero-order chi connectivity index (χ0) is 13.9. The summed E-state index contributed by atoms with van der Waals surface area (Å²) in [6.45, 7) is 2.39. The largest absolute Gasteiger partial charge is 0.375 e. The highest BCUT2D eigenvalue weighted by Gasteiger charge is 2.34. The van der Waals surface area contributed by atoms with Crippen molar-refractivity contribution in [3.63, 3.8) is 0 Å². The van der Waals surface area contributed by atoms with Crippen LogP contribution in [0.25, 0.3) is 0 Å². The van der Waals surface area contributed by atoms with E-state index in [1.54, 1.807) is 12.1 Å². The Hall–Kier alpha value is -0.970. The molecule has 1 saturated heterocycles. The Labute approximate surface area is 119 Å². The number of hydrogen-bond donors (Lipinski definition) is 1. The van der Waals surface area contributed by atoms with Gasteiger partial charge in [0, 0.05) is 30.7 Å². The van der Waals surface area contributed by atoms with Gasteiger partial charge in [-0.2, -0.15) is 0 Å². The van der Waals surface area contributed by atoms with Crippen molar-refractivity contribution in [1.82, 2.24) is 4.90 Å². The maximum atomic E-state index is 13.8. The van der Waals surface area contributed by atoms with Crippen LogP contribution in [0.4, 0.5) is 4.39 Å². The number of fused-ring (bicyclic) bond motifs is 1. The molecule has 3 atom stereocenters. The average molecular weight is 278 g/mol. The smallest absolute Gasteiger partial charge is 0.128 e. The third kappa shape index (κ3) is 2.87. The maximum Gasteiger partial charge on any atom is 0.128 e. The highest BCUT2D eigenvalue weighted by molar-refractivity contribution is 5.21. The van der Waals surface area contributed by atoms with E-state index in [0.29, 0.717) is 24.3 Å². The SMILES string of the molecule is NC(CN1CCOC2CCCCC21)c1ccccc1F. The van der Waals surface area contributed by atoms with Gasteiger partial charge in [0.1, 0.15) is 5.82 Å². The van der Waals surface area contributed by atoms with E-state index in [-0.39, 0.29) is 11.9 Å². The number of ether oxygens (including phenoxy) is 1. The topological polar surface area (TPSA) is 38.5 Å². The Morgan fingerprint density at radius 3 is 2.95 bits per heavy atom. The molecule has 1 aromatic carbocycles. The lowest BCUT2D eigenvalue weighted by Crippen LogP contribution is -2.54. The number of rotatable bonds is 3. The summed E-state index contributed by atoms with van der Waals surface area (Å²) in [6.07, 6.45) is 5.19. The number of morpholine rings is 1. The molecule has 4 heteroatoms. The lowest BCUT2D eigenvalue weighted by Gasteiger charge is -2.44. The minimum absolute atomic E-state index is 0.201. The van der Waals surface area contributed by atoms with Crippen LogP contribution in [0.15, 0.2) is 24.3 Å². The first kappa shape index (κ1) is 14.0. The van der Waals surface area contributed by atoms with Gasteiger partial charge in [-0.25, -0.2) is 4.39 Å². The Kier molecular flexibility index (Phi) is 4.34. The second-order valence-corrected chi connectivity index (χ2v) is 5.88. The van der Waals surface area contributed by atoms with Crippen LogP contribution in [-0.4, -0.2) is 36.7 Å². The van der Waals surface area contributed by atoms with Gasteiger partial charge in [0.25, 0.3) is 0 Å². The molecule has 3 unspecified atom stereocenters. The molecule has 1 aliphatic carbocycles. The van der Waals surface area contributed by atoms with E-state index >= 15 is 0 Å². The van der Waals surface area contributed by atoms with Crippen molar-refractivity contribution in [1.29, 1.82) is 0 Å². The summed E-state index contributed by atoms with van der Waals surface area (Å²) in [5.41, 5.74) is 6.84. The molecule has 1 heterocycles. The van der Waals surface area contributed by atoms with Crippen LogP contribution >= 0.6 is 0 Å². The molecular formula is C16H23FN2O. The normalized spacial score (nSPS) is 28.9. The van der Waals surface area contributed by atoms with Crippen LogP contribution in [0.2, 0.25) is 0 Å².